The van der Waals surface area contributed by atoms with Gasteiger partial charge in [0.2, 0.25) is 10.0 Å². The van der Waals surface area contributed by atoms with Gasteiger partial charge in [0.15, 0.2) is 0 Å². The van der Waals surface area contributed by atoms with Gasteiger partial charge in [-0.2, -0.15) is 4.31 Å². The number of thiophene rings is 1. The molecule has 0 unspecified atom stereocenters. The maximum absolute atomic E-state index is 12.6. The largest absolute Gasteiger partial charge is 0.477 e. The van der Waals surface area contributed by atoms with Crippen molar-refractivity contribution in [2.75, 3.05) is 19.7 Å². The number of sulfonamides is 1. The quantitative estimate of drug-likeness (QED) is 0.868. The van der Waals surface area contributed by atoms with E-state index in [1.54, 1.807) is 12.3 Å². The third kappa shape index (κ3) is 2.73. The van der Waals surface area contributed by atoms with Gasteiger partial charge in [-0.25, -0.2) is 13.2 Å². The van der Waals surface area contributed by atoms with Crippen LogP contribution in [0, 0.1) is 12.8 Å². The van der Waals surface area contributed by atoms with E-state index in [0.717, 1.165) is 11.3 Å². The molecule has 0 atom stereocenters. The zero-order valence-corrected chi connectivity index (χ0v) is 12.7. The predicted molar refractivity (Wildman–Crippen MR) is 74.6 cm³/mol. The molecule has 2 rings (SSSR count). The second-order valence-corrected chi connectivity index (χ2v) is 7.67. The fraction of sp³-hybridized carbons (Fsp3) is 0.583. The maximum Gasteiger partial charge on any atom is 0.347 e. The number of hydrogen-bond acceptors (Lipinski definition) is 5. The number of carboxylic acids is 1. The highest BCUT2D eigenvalue weighted by molar-refractivity contribution is 7.89. The highest BCUT2D eigenvalue weighted by Gasteiger charge is 2.34. The standard InChI is InChI=1S/C12H17NO5S2/c1-8-7-19-10(12(15)16)11(8)20(17,18)13-4-2-9(6-14)3-5-13/h7,9,14H,2-6H2,1H3,(H,15,16). The van der Waals surface area contributed by atoms with Crippen LogP contribution in [-0.4, -0.2) is 48.6 Å². The summed E-state index contributed by atoms with van der Waals surface area (Å²) in [6, 6.07) is 0. The summed E-state index contributed by atoms with van der Waals surface area (Å²) in [5, 5.41) is 19.7. The van der Waals surface area contributed by atoms with Gasteiger partial charge < -0.3 is 10.2 Å². The van der Waals surface area contributed by atoms with Gasteiger partial charge in [0, 0.05) is 19.7 Å². The molecule has 0 aromatic carbocycles. The number of piperidine rings is 1. The van der Waals surface area contributed by atoms with Crippen molar-refractivity contribution in [3.63, 3.8) is 0 Å². The van der Waals surface area contributed by atoms with Crippen LogP contribution >= 0.6 is 11.3 Å². The first-order chi connectivity index (χ1) is 9.37. The number of aliphatic hydroxyl groups is 1. The fourth-order valence-corrected chi connectivity index (χ4v) is 5.42. The first kappa shape index (κ1) is 15.4. The molecule has 0 aliphatic carbocycles. The molecule has 0 amide bonds. The Labute approximate surface area is 121 Å². The number of rotatable bonds is 4. The van der Waals surface area contributed by atoms with Crippen molar-refractivity contribution < 1.29 is 23.4 Å². The Morgan fingerprint density at radius 2 is 2.05 bits per heavy atom. The van der Waals surface area contributed by atoms with Crippen LogP contribution in [0.3, 0.4) is 0 Å². The molecule has 0 radical (unpaired) electrons. The third-order valence-corrected chi connectivity index (χ3v) is 6.84. The summed E-state index contributed by atoms with van der Waals surface area (Å²) in [6.45, 7) is 2.31. The average molecular weight is 319 g/mol. The van der Waals surface area contributed by atoms with Crippen LogP contribution in [0.15, 0.2) is 10.3 Å². The van der Waals surface area contributed by atoms with Crippen LogP contribution in [0.5, 0.6) is 0 Å². The van der Waals surface area contributed by atoms with Gasteiger partial charge in [-0.05, 0) is 36.6 Å². The summed E-state index contributed by atoms with van der Waals surface area (Å²) < 4.78 is 26.5. The molecule has 0 bridgehead atoms. The number of aliphatic hydroxyl groups excluding tert-OH is 1. The fourth-order valence-electron chi connectivity index (χ4n) is 2.36. The van der Waals surface area contributed by atoms with Crippen molar-refractivity contribution in [2.24, 2.45) is 5.92 Å². The zero-order valence-electron chi connectivity index (χ0n) is 11.1. The number of nitrogens with zero attached hydrogens (tertiary/aromatic N) is 1. The number of hydrogen-bond donors (Lipinski definition) is 2. The van der Waals surface area contributed by atoms with Crippen molar-refractivity contribution in [2.45, 2.75) is 24.7 Å². The molecular weight excluding hydrogens is 302 g/mol. The van der Waals surface area contributed by atoms with Crippen LogP contribution in [0.25, 0.3) is 0 Å². The molecule has 112 valence electrons. The van der Waals surface area contributed by atoms with Gasteiger partial charge in [-0.3, -0.25) is 0 Å². The molecule has 1 fully saturated rings. The minimum atomic E-state index is -3.78. The molecule has 2 heterocycles. The molecule has 1 aliphatic rings. The molecule has 1 aromatic rings. The van der Waals surface area contributed by atoms with E-state index in [-0.39, 0.29) is 22.3 Å². The minimum Gasteiger partial charge on any atom is -0.477 e. The van der Waals surface area contributed by atoms with Gasteiger partial charge in [0.1, 0.15) is 9.77 Å². The molecule has 2 N–H and O–H groups in total. The van der Waals surface area contributed by atoms with E-state index in [9.17, 15) is 13.2 Å². The van der Waals surface area contributed by atoms with Gasteiger partial charge in [-0.15, -0.1) is 11.3 Å². The van der Waals surface area contributed by atoms with E-state index < -0.39 is 16.0 Å². The van der Waals surface area contributed by atoms with E-state index in [2.05, 4.69) is 0 Å². The van der Waals surface area contributed by atoms with Crippen LogP contribution < -0.4 is 0 Å². The molecule has 8 heteroatoms. The molecular formula is C12H17NO5S2. The van der Waals surface area contributed by atoms with Gasteiger partial charge >= 0.3 is 5.97 Å². The maximum atomic E-state index is 12.6. The lowest BCUT2D eigenvalue weighted by molar-refractivity contribution is 0.0698. The van der Waals surface area contributed by atoms with Crippen LogP contribution in [0.1, 0.15) is 28.1 Å². The van der Waals surface area contributed by atoms with Crippen molar-refractivity contribution in [3.05, 3.63) is 15.8 Å². The first-order valence-corrected chi connectivity index (χ1v) is 8.62. The van der Waals surface area contributed by atoms with E-state index in [4.69, 9.17) is 10.2 Å². The average Bonchev–Trinajstić information content (AvgIpc) is 2.81. The molecule has 6 nitrogen and oxygen atoms in total. The van der Waals surface area contributed by atoms with E-state index in [0.29, 0.717) is 31.5 Å². The number of aromatic carboxylic acids is 1. The summed E-state index contributed by atoms with van der Waals surface area (Å²) in [6.07, 6.45) is 1.20. The van der Waals surface area contributed by atoms with Gasteiger partial charge in [0.05, 0.1) is 0 Å². The second-order valence-electron chi connectivity index (χ2n) is 4.91. The molecule has 1 aromatic heterocycles. The number of aryl methyl sites for hydroxylation is 1. The first-order valence-electron chi connectivity index (χ1n) is 6.30. The van der Waals surface area contributed by atoms with Crippen molar-refractivity contribution >= 4 is 27.3 Å². The Morgan fingerprint density at radius 3 is 2.55 bits per heavy atom. The Kier molecular flexibility index (Phi) is 4.48. The number of carbonyl (C=O) groups is 1. The monoisotopic (exact) mass is 319 g/mol. The summed E-state index contributed by atoms with van der Waals surface area (Å²) in [4.78, 5) is 10.9. The van der Waals surface area contributed by atoms with E-state index in [1.807, 2.05) is 0 Å². The highest BCUT2D eigenvalue weighted by Crippen LogP contribution is 2.31. The third-order valence-electron chi connectivity index (χ3n) is 3.54. The second kappa shape index (κ2) is 5.80. The summed E-state index contributed by atoms with van der Waals surface area (Å²) in [7, 11) is -3.78. The molecule has 20 heavy (non-hydrogen) atoms. The van der Waals surface area contributed by atoms with Gasteiger partial charge in [0.25, 0.3) is 0 Å². The van der Waals surface area contributed by atoms with Crippen molar-refractivity contribution in [3.8, 4) is 0 Å². The van der Waals surface area contributed by atoms with Crippen LogP contribution in [0.2, 0.25) is 0 Å². The van der Waals surface area contributed by atoms with Crippen molar-refractivity contribution in [1.29, 1.82) is 0 Å². The summed E-state index contributed by atoms with van der Waals surface area (Å²) in [5.41, 5.74) is 0.469. The molecule has 0 saturated carbocycles. The highest BCUT2D eigenvalue weighted by atomic mass is 32.2. The smallest absolute Gasteiger partial charge is 0.347 e. The van der Waals surface area contributed by atoms with Crippen LogP contribution in [0.4, 0.5) is 0 Å². The lowest BCUT2D eigenvalue weighted by atomic mass is 10.00. The van der Waals surface area contributed by atoms with Crippen LogP contribution in [-0.2, 0) is 10.0 Å². The Balaban J connectivity index is 2.32. The Hall–Kier alpha value is -0.960. The normalized spacial score (nSPS) is 18.3. The topological polar surface area (TPSA) is 94.9 Å². The zero-order chi connectivity index (χ0) is 14.9. The summed E-state index contributed by atoms with van der Waals surface area (Å²) >= 11 is 0.935. The van der Waals surface area contributed by atoms with Crippen molar-refractivity contribution in [1.82, 2.24) is 4.31 Å². The van der Waals surface area contributed by atoms with E-state index in [1.165, 1.54) is 4.31 Å². The van der Waals surface area contributed by atoms with E-state index >= 15 is 0 Å². The number of carboxylic acid groups (broad SMARTS) is 1. The summed E-state index contributed by atoms with van der Waals surface area (Å²) in [5.74, 6) is -1.09. The molecule has 1 saturated heterocycles. The lowest BCUT2D eigenvalue weighted by Gasteiger charge is -2.30. The minimum absolute atomic E-state index is 0.0613. The Bertz CT molecular complexity index is 599. The molecule has 1 aliphatic heterocycles. The Morgan fingerprint density at radius 1 is 1.45 bits per heavy atom. The van der Waals surface area contributed by atoms with Gasteiger partial charge in [-0.1, -0.05) is 0 Å². The lowest BCUT2D eigenvalue weighted by Crippen LogP contribution is -2.39. The SMILES string of the molecule is Cc1csc(C(=O)O)c1S(=O)(=O)N1CCC(CO)CC1. The predicted octanol–water partition coefficient (Wildman–Crippen LogP) is 1.15. The molecule has 0 spiro atoms.